The SMILES string of the molecule is CCC1=C(CC(=O)O)c2cc(F)ccc2/C1=C\c1cccc(Oc2ccccc2)c1. The summed E-state index contributed by atoms with van der Waals surface area (Å²) in [6.45, 7) is 1.99. The van der Waals surface area contributed by atoms with E-state index in [4.69, 9.17) is 4.74 Å². The number of hydrogen-bond acceptors (Lipinski definition) is 2. The van der Waals surface area contributed by atoms with Crippen LogP contribution in [0.3, 0.4) is 0 Å². The molecule has 0 saturated carbocycles. The quantitative estimate of drug-likeness (QED) is 0.494. The number of fused-ring (bicyclic) bond motifs is 1. The Kier molecular flexibility index (Phi) is 5.48. The molecule has 0 amide bonds. The van der Waals surface area contributed by atoms with E-state index >= 15 is 0 Å². The number of allylic oxidation sites excluding steroid dienone is 2. The number of para-hydroxylation sites is 1. The van der Waals surface area contributed by atoms with Crippen molar-refractivity contribution in [1.82, 2.24) is 0 Å². The van der Waals surface area contributed by atoms with Gasteiger partial charge in [-0.1, -0.05) is 43.3 Å². The Bertz CT molecular complexity index is 1160. The Morgan fingerprint density at radius 1 is 0.933 bits per heavy atom. The minimum Gasteiger partial charge on any atom is -0.481 e. The summed E-state index contributed by atoms with van der Waals surface area (Å²) in [5.41, 5.74) is 5.00. The van der Waals surface area contributed by atoms with Gasteiger partial charge in [0.25, 0.3) is 0 Å². The average Bonchev–Trinajstić information content (AvgIpc) is 3.00. The molecule has 1 aliphatic carbocycles. The lowest BCUT2D eigenvalue weighted by Gasteiger charge is -2.09. The van der Waals surface area contributed by atoms with Crippen molar-refractivity contribution in [2.24, 2.45) is 0 Å². The van der Waals surface area contributed by atoms with Crippen LogP contribution in [-0.2, 0) is 4.79 Å². The number of carbonyl (C=O) groups is 1. The first-order valence-corrected chi connectivity index (χ1v) is 9.84. The third-order valence-electron chi connectivity index (χ3n) is 5.12. The normalized spacial score (nSPS) is 14.1. The Labute approximate surface area is 174 Å². The summed E-state index contributed by atoms with van der Waals surface area (Å²) in [6.07, 6.45) is 2.54. The number of carboxylic acid groups (broad SMARTS) is 1. The summed E-state index contributed by atoms with van der Waals surface area (Å²) in [6, 6.07) is 21.8. The van der Waals surface area contributed by atoms with Gasteiger partial charge in [0.15, 0.2) is 0 Å². The fourth-order valence-electron chi connectivity index (χ4n) is 3.87. The first kappa shape index (κ1) is 19.6. The lowest BCUT2D eigenvalue weighted by Crippen LogP contribution is -1.97. The third-order valence-corrected chi connectivity index (χ3v) is 5.12. The Morgan fingerprint density at radius 3 is 2.43 bits per heavy atom. The molecular formula is C26H21FO3. The maximum atomic E-state index is 13.9. The predicted octanol–water partition coefficient (Wildman–Crippen LogP) is 6.81. The molecule has 0 radical (unpaired) electrons. The Balaban J connectivity index is 1.76. The lowest BCUT2D eigenvalue weighted by atomic mass is 9.98. The van der Waals surface area contributed by atoms with E-state index in [0.29, 0.717) is 23.3 Å². The molecule has 4 heteroatoms. The Morgan fingerprint density at radius 2 is 1.70 bits per heavy atom. The van der Waals surface area contributed by atoms with Gasteiger partial charge >= 0.3 is 5.97 Å². The third kappa shape index (κ3) is 4.03. The van der Waals surface area contributed by atoms with Gasteiger partial charge in [-0.2, -0.15) is 0 Å². The van der Waals surface area contributed by atoms with Crippen molar-refractivity contribution in [3.05, 3.63) is 101 Å². The van der Waals surface area contributed by atoms with E-state index in [2.05, 4.69) is 0 Å². The van der Waals surface area contributed by atoms with E-state index in [9.17, 15) is 14.3 Å². The van der Waals surface area contributed by atoms with Gasteiger partial charge in [-0.05, 0) is 82.3 Å². The summed E-state index contributed by atoms with van der Waals surface area (Å²) < 4.78 is 19.8. The molecule has 0 heterocycles. The van der Waals surface area contributed by atoms with E-state index < -0.39 is 5.97 Å². The molecule has 0 aliphatic heterocycles. The summed E-state index contributed by atoms with van der Waals surface area (Å²) in [7, 11) is 0. The lowest BCUT2D eigenvalue weighted by molar-refractivity contribution is -0.135. The Hall–Kier alpha value is -3.66. The zero-order valence-electron chi connectivity index (χ0n) is 16.6. The van der Waals surface area contributed by atoms with Crippen LogP contribution in [0.1, 0.15) is 36.5 Å². The van der Waals surface area contributed by atoms with E-state index in [-0.39, 0.29) is 12.2 Å². The number of rotatable bonds is 6. The van der Waals surface area contributed by atoms with Crippen LogP contribution in [0, 0.1) is 5.82 Å². The minimum absolute atomic E-state index is 0.131. The summed E-state index contributed by atoms with van der Waals surface area (Å²) in [5, 5.41) is 9.37. The van der Waals surface area contributed by atoms with Gasteiger partial charge in [0, 0.05) is 0 Å². The highest BCUT2D eigenvalue weighted by Gasteiger charge is 2.27. The largest absolute Gasteiger partial charge is 0.481 e. The molecule has 0 atom stereocenters. The molecule has 0 fully saturated rings. The first-order chi connectivity index (χ1) is 14.5. The fraction of sp³-hybridized carbons (Fsp3) is 0.115. The van der Waals surface area contributed by atoms with Crippen molar-refractivity contribution in [2.45, 2.75) is 19.8 Å². The zero-order valence-corrected chi connectivity index (χ0v) is 16.6. The second-order valence-electron chi connectivity index (χ2n) is 7.12. The van der Waals surface area contributed by atoms with Gasteiger partial charge in [-0.3, -0.25) is 4.79 Å². The molecule has 0 unspecified atom stereocenters. The van der Waals surface area contributed by atoms with Crippen LogP contribution in [-0.4, -0.2) is 11.1 Å². The van der Waals surface area contributed by atoms with Crippen LogP contribution in [0.4, 0.5) is 4.39 Å². The van der Waals surface area contributed by atoms with Crippen molar-refractivity contribution in [3.63, 3.8) is 0 Å². The molecule has 30 heavy (non-hydrogen) atoms. The summed E-state index contributed by atoms with van der Waals surface area (Å²) in [4.78, 5) is 11.4. The number of benzene rings is 3. The van der Waals surface area contributed by atoms with E-state index in [1.807, 2.05) is 67.6 Å². The van der Waals surface area contributed by atoms with Crippen molar-refractivity contribution in [3.8, 4) is 11.5 Å². The molecule has 0 aromatic heterocycles. The van der Waals surface area contributed by atoms with Gasteiger partial charge in [-0.15, -0.1) is 0 Å². The van der Waals surface area contributed by atoms with Gasteiger partial charge in [-0.25, -0.2) is 4.39 Å². The zero-order chi connectivity index (χ0) is 21.1. The van der Waals surface area contributed by atoms with E-state index in [1.165, 1.54) is 12.1 Å². The summed E-state index contributed by atoms with van der Waals surface area (Å²) in [5.74, 6) is 0.166. The van der Waals surface area contributed by atoms with Crippen molar-refractivity contribution < 1.29 is 19.0 Å². The van der Waals surface area contributed by atoms with Crippen LogP contribution in [0.5, 0.6) is 11.5 Å². The molecule has 1 N–H and O–H groups in total. The van der Waals surface area contributed by atoms with Gasteiger partial charge in [0.2, 0.25) is 0 Å². The molecule has 3 aromatic rings. The number of ether oxygens (including phenoxy) is 1. The summed E-state index contributed by atoms with van der Waals surface area (Å²) >= 11 is 0. The van der Waals surface area contributed by atoms with Crippen molar-refractivity contribution >= 4 is 23.2 Å². The highest BCUT2D eigenvalue weighted by atomic mass is 19.1. The van der Waals surface area contributed by atoms with E-state index in [1.54, 1.807) is 6.07 Å². The average molecular weight is 400 g/mol. The maximum absolute atomic E-state index is 13.9. The number of carboxylic acids is 1. The topological polar surface area (TPSA) is 46.5 Å². The second kappa shape index (κ2) is 8.37. The van der Waals surface area contributed by atoms with Crippen LogP contribution >= 0.6 is 0 Å². The predicted molar refractivity (Wildman–Crippen MR) is 117 cm³/mol. The molecule has 0 bridgehead atoms. The van der Waals surface area contributed by atoms with Crippen LogP contribution < -0.4 is 4.74 Å². The smallest absolute Gasteiger partial charge is 0.307 e. The number of hydrogen-bond donors (Lipinski definition) is 1. The fourth-order valence-corrected chi connectivity index (χ4v) is 3.87. The van der Waals surface area contributed by atoms with Crippen LogP contribution in [0.2, 0.25) is 0 Å². The molecule has 4 rings (SSSR count). The minimum atomic E-state index is -0.925. The number of aliphatic carboxylic acids is 1. The highest BCUT2D eigenvalue weighted by Crippen LogP contribution is 2.45. The first-order valence-electron chi connectivity index (χ1n) is 9.84. The molecule has 3 aromatic carbocycles. The molecule has 150 valence electrons. The van der Waals surface area contributed by atoms with Gasteiger partial charge < -0.3 is 9.84 Å². The highest BCUT2D eigenvalue weighted by molar-refractivity contribution is 6.07. The second-order valence-corrected chi connectivity index (χ2v) is 7.12. The molecule has 1 aliphatic rings. The standard InChI is InChI=1S/C26H21FO3/c1-2-21-23(22-12-11-18(27)15-24(22)25(21)16-26(28)29)14-17-7-6-10-20(13-17)30-19-8-4-3-5-9-19/h3-15H,2,16H2,1H3,(H,28,29)/b23-14-. The number of halogens is 1. The van der Waals surface area contributed by atoms with Crippen molar-refractivity contribution in [2.75, 3.05) is 0 Å². The van der Waals surface area contributed by atoms with E-state index in [0.717, 1.165) is 28.0 Å². The monoisotopic (exact) mass is 400 g/mol. The molecule has 0 saturated heterocycles. The molecule has 0 spiro atoms. The van der Waals surface area contributed by atoms with Gasteiger partial charge in [0.1, 0.15) is 17.3 Å². The molecule has 3 nitrogen and oxygen atoms in total. The van der Waals surface area contributed by atoms with Crippen molar-refractivity contribution in [1.29, 1.82) is 0 Å². The van der Waals surface area contributed by atoms with Crippen LogP contribution in [0.15, 0.2) is 78.4 Å². The maximum Gasteiger partial charge on any atom is 0.307 e. The molecular weight excluding hydrogens is 379 g/mol. The van der Waals surface area contributed by atoms with Gasteiger partial charge in [0.05, 0.1) is 6.42 Å². The van der Waals surface area contributed by atoms with Crippen LogP contribution in [0.25, 0.3) is 17.2 Å².